The molecule has 0 saturated carbocycles. The van der Waals surface area contributed by atoms with Gasteiger partial charge in [0.1, 0.15) is 11.6 Å². The minimum Gasteiger partial charge on any atom is -0.356 e. The lowest BCUT2D eigenvalue weighted by Crippen LogP contribution is -2.25. The summed E-state index contributed by atoms with van der Waals surface area (Å²) in [4.78, 5) is 11.6. The minimum atomic E-state index is 0.523. The zero-order valence-electron chi connectivity index (χ0n) is 14.5. The Bertz CT molecular complexity index is 879. The van der Waals surface area contributed by atoms with Gasteiger partial charge in [0.25, 0.3) is 0 Å². The minimum absolute atomic E-state index is 0.523. The summed E-state index contributed by atoms with van der Waals surface area (Å²) in [7, 11) is 0. The SMILES string of the molecule is CCN(CC)c1nc(-c2ccccc2)nc(-c2ccccc2)c1C#N. The second-order valence-electron chi connectivity index (χ2n) is 5.61. The summed E-state index contributed by atoms with van der Waals surface area (Å²) in [5.74, 6) is 1.33. The van der Waals surface area contributed by atoms with Gasteiger partial charge in [0.05, 0.1) is 5.69 Å². The highest BCUT2D eigenvalue weighted by atomic mass is 15.2. The van der Waals surface area contributed by atoms with Gasteiger partial charge in [-0.25, -0.2) is 9.97 Å². The standard InChI is InChI=1S/C21H20N4/c1-3-25(4-2)21-18(15-22)19(16-11-7-5-8-12-16)23-20(24-21)17-13-9-6-10-14-17/h5-14H,3-4H2,1-2H3. The van der Waals surface area contributed by atoms with E-state index < -0.39 is 0 Å². The first-order valence-corrected chi connectivity index (χ1v) is 8.46. The van der Waals surface area contributed by atoms with E-state index in [2.05, 4.69) is 24.8 Å². The van der Waals surface area contributed by atoms with Gasteiger partial charge in [-0.15, -0.1) is 0 Å². The van der Waals surface area contributed by atoms with E-state index >= 15 is 0 Å². The van der Waals surface area contributed by atoms with Gasteiger partial charge >= 0.3 is 0 Å². The van der Waals surface area contributed by atoms with Gasteiger partial charge < -0.3 is 4.90 Å². The lowest BCUT2D eigenvalue weighted by Gasteiger charge is -2.22. The third kappa shape index (κ3) is 3.36. The molecule has 3 rings (SSSR count). The molecule has 25 heavy (non-hydrogen) atoms. The van der Waals surface area contributed by atoms with Crippen molar-refractivity contribution in [3.8, 4) is 28.7 Å². The van der Waals surface area contributed by atoms with Gasteiger partial charge in [-0.2, -0.15) is 5.26 Å². The summed E-state index contributed by atoms with van der Waals surface area (Å²) >= 11 is 0. The van der Waals surface area contributed by atoms with Gasteiger partial charge in [-0.05, 0) is 13.8 Å². The Kier molecular flexibility index (Phi) is 5.06. The molecule has 0 aliphatic carbocycles. The number of nitriles is 1. The van der Waals surface area contributed by atoms with Crippen molar-refractivity contribution >= 4 is 5.82 Å². The molecule has 4 heteroatoms. The molecule has 4 nitrogen and oxygen atoms in total. The highest BCUT2D eigenvalue weighted by Gasteiger charge is 2.19. The fourth-order valence-electron chi connectivity index (χ4n) is 2.83. The molecule has 0 radical (unpaired) electrons. The largest absolute Gasteiger partial charge is 0.356 e. The summed E-state index contributed by atoms with van der Waals surface area (Å²) in [6, 6.07) is 22.0. The van der Waals surface area contributed by atoms with Crippen LogP contribution >= 0.6 is 0 Å². The molecule has 0 amide bonds. The predicted molar refractivity (Wildman–Crippen MR) is 101 cm³/mol. The van der Waals surface area contributed by atoms with E-state index in [4.69, 9.17) is 9.97 Å². The van der Waals surface area contributed by atoms with Crippen LogP contribution in [-0.4, -0.2) is 23.1 Å². The number of anilines is 1. The van der Waals surface area contributed by atoms with E-state index in [1.165, 1.54) is 0 Å². The summed E-state index contributed by atoms with van der Waals surface area (Å²) in [6.07, 6.45) is 0. The monoisotopic (exact) mass is 328 g/mol. The smallest absolute Gasteiger partial charge is 0.162 e. The van der Waals surface area contributed by atoms with Crippen molar-refractivity contribution in [3.05, 3.63) is 66.2 Å². The quantitative estimate of drug-likeness (QED) is 0.690. The van der Waals surface area contributed by atoms with Gasteiger partial charge in [0.15, 0.2) is 11.6 Å². The van der Waals surface area contributed by atoms with Crippen LogP contribution in [0.1, 0.15) is 19.4 Å². The number of aromatic nitrogens is 2. The molecule has 0 spiro atoms. The first-order valence-electron chi connectivity index (χ1n) is 8.46. The first-order chi connectivity index (χ1) is 12.3. The lowest BCUT2D eigenvalue weighted by molar-refractivity contribution is 0.841. The normalized spacial score (nSPS) is 10.3. The van der Waals surface area contributed by atoms with E-state index in [1.807, 2.05) is 60.7 Å². The molecule has 0 aliphatic heterocycles. The summed E-state index contributed by atoms with van der Waals surface area (Å²) in [6.45, 7) is 5.70. The molecular formula is C21H20N4. The van der Waals surface area contributed by atoms with Crippen LogP contribution in [0.4, 0.5) is 5.82 Å². The zero-order chi connectivity index (χ0) is 17.6. The van der Waals surface area contributed by atoms with Gasteiger partial charge in [-0.3, -0.25) is 0 Å². The second kappa shape index (κ2) is 7.59. The maximum Gasteiger partial charge on any atom is 0.162 e. The third-order valence-corrected chi connectivity index (χ3v) is 4.14. The van der Waals surface area contributed by atoms with Crippen LogP contribution in [-0.2, 0) is 0 Å². The molecular weight excluding hydrogens is 308 g/mol. The number of hydrogen-bond acceptors (Lipinski definition) is 4. The molecule has 0 bridgehead atoms. The molecule has 3 aromatic rings. The zero-order valence-corrected chi connectivity index (χ0v) is 14.5. The van der Waals surface area contributed by atoms with Crippen LogP contribution < -0.4 is 4.90 Å². The van der Waals surface area contributed by atoms with Crippen LogP contribution in [0.2, 0.25) is 0 Å². The molecule has 0 unspecified atom stereocenters. The molecule has 0 atom stereocenters. The molecule has 0 saturated heterocycles. The van der Waals surface area contributed by atoms with Crippen molar-refractivity contribution in [2.75, 3.05) is 18.0 Å². The Morgan fingerprint density at radius 3 is 1.92 bits per heavy atom. The Balaban J connectivity index is 2.29. The highest BCUT2D eigenvalue weighted by Crippen LogP contribution is 2.30. The fourth-order valence-corrected chi connectivity index (χ4v) is 2.83. The average Bonchev–Trinajstić information content (AvgIpc) is 2.69. The van der Waals surface area contributed by atoms with Crippen molar-refractivity contribution in [2.45, 2.75) is 13.8 Å². The Hall–Kier alpha value is -3.19. The summed E-state index contributed by atoms with van der Waals surface area (Å²) in [5.41, 5.74) is 3.07. The van der Waals surface area contributed by atoms with Gasteiger partial charge in [0, 0.05) is 24.2 Å². The van der Waals surface area contributed by atoms with Crippen LogP contribution in [0, 0.1) is 11.3 Å². The fraction of sp³-hybridized carbons (Fsp3) is 0.190. The van der Waals surface area contributed by atoms with E-state index in [0.717, 1.165) is 24.2 Å². The summed E-state index contributed by atoms with van der Waals surface area (Å²) < 4.78 is 0. The van der Waals surface area contributed by atoms with Crippen molar-refractivity contribution in [1.29, 1.82) is 5.26 Å². The van der Waals surface area contributed by atoms with Crippen molar-refractivity contribution in [1.82, 2.24) is 9.97 Å². The topological polar surface area (TPSA) is 52.8 Å². The molecule has 0 fully saturated rings. The molecule has 0 N–H and O–H groups in total. The van der Waals surface area contributed by atoms with Crippen LogP contribution in [0.5, 0.6) is 0 Å². The second-order valence-corrected chi connectivity index (χ2v) is 5.61. The van der Waals surface area contributed by atoms with E-state index in [9.17, 15) is 5.26 Å². The number of hydrogen-bond donors (Lipinski definition) is 0. The van der Waals surface area contributed by atoms with Crippen LogP contribution in [0.25, 0.3) is 22.6 Å². The van der Waals surface area contributed by atoms with Crippen molar-refractivity contribution in [2.24, 2.45) is 0 Å². The van der Waals surface area contributed by atoms with E-state index in [-0.39, 0.29) is 0 Å². The maximum atomic E-state index is 9.81. The molecule has 2 aromatic carbocycles. The molecule has 124 valence electrons. The average molecular weight is 328 g/mol. The number of benzene rings is 2. The molecule has 1 heterocycles. The number of rotatable bonds is 5. The Morgan fingerprint density at radius 1 is 0.840 bits per heavy atom. The molecule has 1 aromatic heterocycles. The van der Waals surface area contributed by atoms with Gasteiger partial charge in [-0.1, -0.05) is 60.7 Å². The highest BCUT2D eigenvalue weighted by molar-refractivity contribution is 5.76. The van der Waals surface area contributed by atoms with E-state index in [0.29, 0.717) is 22.9 Å². The first kappa shape index (κ1) is 16.7. The third-order valence-electron chi connectivity index (χ3n) is 4.14. The van der Waals surface area contributed by atoms with Crippen molar-refractivity contribution in [3.63, 3.8) is 0 Å². The van der Waals surface area contributed by atoms with Gasteiger partial charge in [0.2, 0.25) is 0 Å². The lowest BCUT2D eigenvalue weighted by atomic mass is 10.1. The Labute approximate surface area is 148 Å². The maximum absolute atomic E-state index is 9.81. The van der Waals surface area contributed by atoms with Crippen LogP contribution in [0.15, 0.2) is 60.7 Å². The van der Waals surface area contributed by atoms with Crippen molar-refractivity contribution < 1.29 is 0 Å². The number of nitrogens with zero attached hydrogens (tertiary/aromatic N) is 4. The predicted octanol–water partition coefficient (Wildman–Crippen LogP) is 4.53. The van der Waals surface area contributed by atoms with Crippen LogP contribution in [0.3, 0.4) is 0 Å². The van der Waals surface area contributed by atoms with E-state index in [1.54, 1.807) is 0 Å². The Morgan fingerprint density at radius 2 is 1.40 bits per heavy atom. The molecule has 0 aliphatic rings. The summed E-state index contributed by atoms with van der Waals surface area (Å²) in [5, 5.41) is 9.81.